The minimum absolute atomic E-state index is 0.0691. The Morgan fingerprint density at radius 2 is 1.48 bits per heavy atom. The number of hydrogen-bond donors (Lipinski definition) is 4. The number of aromatic hydroxyl groups is 2. The molecule has 4 aromatic rings. The van der Waals surface area contributed by atoms with E-state index in [2.05, 4.69) is 22.5 Å². The first-order valence-corrected chi connectivity index (χ1v) is 19.2. The second-order valence-corrected chi connectivity index (χ2v) is 14.3. The summed E-state index contributed by atoms with van der Waals surface area (Å²) in [6.45, 7) is 6.82. The van der Waals surface area contributed by atoms with Crippen LogP contribution in [0.4, 0.5) is 5.69 Å². The minimum Gasteiger partial charge on any atom is -0.508 e. The summed E-state index contributed by atoms with van der Waals surface area (Å²) < 4.78 is 6.14. The van der Waals surface area contributed by atoms with E-state index in [9.17, 15) is 29.4 Å². The van der Waals surface area contributed by atoms with E-state index in [1.54, 1.807) is 36.4 Å². The van der Waals surface area contributed by atoms with Crippen molar-refractivity contribution in [3.63, 3.8) is 0 Å². The first kappa shape index (κ1) is 38.1. The number of hydrogen-bond acceptors (Lipinski definition) is 9. The molecule has 3 aliphatic heterocycles. The van der Waals surface area contributed by atoms with Crippen LogP contribution in [0.2, 0.25) is 0 Å². The van der Waals surface area contributed by atoms with E-state index in [1.165, 1.54) is 4.90 Å². The summed E-state index contributed by atoms with van der Waals surface area (Å²) >= 11 is 0. The molecule has 0 aromatic heterocycles. The van der Waals surface area contributed by atoms with Gasteiger partial charge in [-0.05, 0) is 89.2 Å². The number of piperazine rings is 1. The van der Waals surface area contributed by atoms with Gasteiger partial charge in [0, 0.05) is 75.5 Å². The number of amides is 4. The maximum Gasteiger partial charge on any atom is 0.255 e. The number of carbonyl (C=O) groups excluding carboxylic acids is 4. The highest BCUT2D eigenvalue weighted by atomic mass is 16.5. The quantitative estimate of drug-likeness (QED) is 0.106. The molecule has 3 aliphatic rings. The van der Waals surface area contributed by atoms with E-state index < -0.39 is 11.9 Å². The van der Waals surface area contributed by atoms with Crippen molar-refractivity contribution in [1.82, 2.24) is 20.0 Å². The largest absolute Gasteiger partial charge is 0.508 e. The summed E-state index contributed by atoms with van der Waals surface area (Å²) in [5, 5.41) is 25.5. The molecule has 2 saturated heterocycles. The number of nitrogens with one attached hydrogen (secondary N) is 2. The molecule has 1 atom stereocenters. The Kier molecular flexibility index (Phi) is 11.7. The Morgan fingerprint density at radius 1 is 0.839 bits per heavy atom. The Morgan fingerprint density at radius 3 is 2.12 bits per heavy atom. The van der Waals surface area contributed by atoms with Crippen LogP contribution in [0.5, 0.6) is 17.2 Å². The summed E-state index contributed by atoms with van der Waals surface area (Å²) in [4.78, 5) is 56.0. The molecule has 4 aromatic carbocycles. The zero-order valence-corrected chi connectivity index (χ0v) is 31.5. The summed E-state index contributed by atoms with van der Waals surface area (Å²) in [6, 6.07) is 27.2. The van der Waals surface area contributed by atoms with Gasteiger partial charge in [-0.1, -0.05) is 49.4 Å². The Hall–Kier alpha value is -6.14. The predicted molar refractivity (Wildman–Crippen MR) is 213 cm³/mol. The van der Waals surface area contributed by atoms with Crippen LogP contribution in [0.1, 0.15) is 65.2 Å². The molecule has 0 saturated carbocycles. The highest BCUT2D eigenvalue weighted by molar-refractivity contribution is 6.06. The average molecular weight is 758 g/mol. The number of nitrogens with zero attached hydrogens (tertiary/aromatic N) is 3. The van der Waals surface area contributed by atoms with Crippen LogP contribution in [0, 0.1) is 0 Å². The lowest BCUT2D eigenvalue weighted by Gasteiger charge is -2.34. The smallest absolute Gasteiger partial charge is 0.255 e. The first-order chi connectivity index (χ1) is 27.2. The van der Waals surface area contributed by atoms with Gasteiger partial charge in [-0.3, -0.25) is 29.4 Å². The fourth-order valence-electron chi connectivity index (χ4n) is 7.78. The number of piperidine rings is 1. The molecular formula is C44H47N5O7. The van der Waals surface area contributed by atoms with Crippen molar-refractivity contribution in [3.05, 3.63) is 119 Å². The van der Waals surface area contributed by atoms with Gasteiger partial charge in [0.25, 0.3) is 5.91 Å². The van der Waals surface area contributed by atoms with Crippen molar-refractivity contribution in [3.8, 4) is 17.2 Å². The number of phenolic OH excluding ortho intramolecular Hbond substituents is 2. The molecule has 290 valence electrons. The van der Waals surface area contributed by atoms with E-state index in [4.69, 9.17) is 4.74 Å². The number of benzene rings is 4. The molecule has 56 heavy (non-hydrogen) atoms. The summed E-state index contributed by atoms with van der Waals surface area (Å²) in [7, 11) is 0. The van der Waals surface area contributed by atoms with Crippen LogP contribution in [-0.2, 0) is 20.9 Å². The fourth-order valence-corrected chi connectivity index (χ4v) is 7.78. The first-order valence-electron chi connectivity index (χ1n) is 19.2. The number of rotatable bonds is 13. The third-order valence-electron chi connectivity index (χ3n) is 10.8. The fraction of sp³-hybridized carbons (Fsp3) is 0.318. The number of allylic oxidation sites excluding steroid dienone is 1. The molecule has 7 rings (SSSR count). The third-order valence-corrected chi connectivity index (χ3v) is 10.8. The lowest BCUT2D eigenvalue weighted by atomic mass is 9.88. The standard InChI is InChI=1S/C44H47N5O7/c1-2-35(29-6-12-32(50)13-7-29)42(30-8-14-33(51)15-9-30)31-10-16-34(17-11-31)56-27-26-47-22-24-48(25-23-47)41(53)20-21-45-38-5-3-4-36-37(38)28-49(44(36)55)39-18-19-40(52)46-43(39)54/h3-17,39,45,50-51H,2,18-28H2,1H3,(H,46,52,54). The van der Waals surface area contributed by atoms with E-state index in [0.717, 1.165) is 70.9 Å². The number of imide groups is 1. The van der Waals surface area contributed by atoms with Crippen LogP contribution in [0.15, 0.2) is 91.0 Å². The van der Waals surface area contributed by atoms with Gasteiger partial charge in [0.1, 0.15) is 29.9 Å². The highest BCUT2D eigenvalue weighted by Crippen LogP contribution is 2.36. The maximum atomic E-state index is 13.1. The van der Waals surface area contributed by atoms with Crippen molar-refractivity contribution in [2.24, 2.45) is 0 Å². The molecule has 0 bridgehead atoms. The van der Waals surface area contributed by atoms with Gasteiger partial charge in [0.15, 0.2) is 0 Å². The van der Waals surface area contributed by atoms with Gasteiger partial charge in [-0.2, -0.15) is 0 Å². The van der Waals surface area contributed by atoms with E-state index >= 15 is 0 Å². The van der Waals surface area contributed by atoms with Crippen LogP contribution in [-0.4, -0.2) is 100 Å². The van der Waals surface area contributed by atoms with Gasteiger partial charge in [0.2, 0.25) is 17.7 Å². The second-order valence-electron chi connectivity index (χ2n) is 14.3. The van der Waals surface area contributed by atoms with Crippen molar-refractivity contribution in [2.45, 2.75) is 45.2 Å². The topological polar surface area (TPSA) is 152 Å². The number of phenols is 2. The molecule has 12 heteroatoms. The molecule has 0 radical (unpaired) electrons. The number of carbonyl (C=O) groups is 4. The minimum atomic E-state index is -0.675. The van der Waals surface area contributed by atoms with Crippen LogP contribution in [0.25, 0.3) is 11.1 Å². The van der Waals surface area contributed by atoms with E-state index in [1.807, 2.05) is 59.5 Å². The van der Waals surface area contributed by atoms with Gasteiger partial charge in [-0.15, -0.1) is 0 Å². The normalized spacial score (nSPS) is 17.7. The van der Waals surface area contributed by atoms with Crippen molar-refractivity contribution in [2.75, 3.05) is 51.2 Å². The Bertz CT molecular complexity index is 2110. The number of fused-ring (bicyclic) bond motifs is 1. The van der Waals surface area contributed by atoms with Crippen molar-refractivity contribution < 1.29 is 34.1 Å². The van der Waals surface area contributed by atoms with Crippen molar-refractivity contribution >= 4 is 40.5 Å². The summed E-state index contributed by atoms with van der Waals surface area (Å²) in [5.41, 5.74) is 7.28. The monoisotopic (exact) mass is 757 g/mol. The maximum absolute atomic E-state index is 13.1. The molecule has 1 unspecified atom stereocenters. The zero-order chi connectivity index (χ0) is 39.2. The van der Waals surface area contributed by atoms with Crippen LogP contribution < -0.4 is 15.4 Å². The van der Waals surface area contributed by atoms with E-state index in [0.29, 0.717) is 44.6 Å². The van der Waals surface area contributed by atoms with Crippen molar-refractivity contribution in [1.29, 1.82) is 0 Å². The number of anilines is 1. The lowest BCUT2D eigenvalue weighted by molar-refractivity contribution is -0.137. The summed E-state index contributed by atoms with van der Waals surface area (Å²) in [5.74, 6) is 0.270. The van der Waals surface area contributed by atoms with Gasteiger partial charge < -0.3 is 30.1 Å². The van der Waals surface area contributed by atoms with Crippen LogP contribution in [0.3, 0.4) is 0 Å². The molecule has 0 spiro atoms. The molecule has 4 amide bonds. The molecule has 4 N–H and O–H groups in total. The molecule has 2 fully saturated rings. The highest BCUT2D eigenvalue weighted by Gasteiger charge is 2.39. The zero-order valence-electron chi connectivity index (χ0n) is 31.5. The molecule has 0 aliphatic carbocycles. The SMILES string of the molecule is CCC(=C(c1ccc(O)cc1)c1ccc(OCCN2CCN(C(=O)CCNc3cccc4c3CN(C3CCC(=O)NC3=O)C4=O)CC2)cc1)c1ccc(O)cc1. The molecule has 3 heterocycles. The molecule has 12 nitrogen and oxygen atoms in total. The number of ether oxygens (including phenoxy) is 1. The van der Waals surface area contributed by atoms with Crippen LogP contribution >= 0.6 is 0 Å². The Balaban J connectivity index is 0.874. The second kappa shape index (κ2) is 17.1. The van der Waals surface area contributed by atoms with Gasteiger partial charge in [0.05, 0.1) is 0 Å². The Labute approximate surface area is 326 Å². The average Bonchev–Trinajstić information content (AvgIpc) is 3.54. The third kappa shape index (κ3) is 8.55. The summed E-state index contributed by atoms with van der Waals surface area (Å²) in [6.07, 6.45) is 1.59. The lowest BCUT2D eigenvalue weighted by Crippen LogP contribution is -2.52. The molecular weight excluding hydrogens is 711 g/mol. The van der Waals surface area contributed by atoms with E-state index in [-0.39, 0.29) is 42.2 Å². The van der Waals surface area contributed by atoms with Gasteiger partial charge >= 0.3 is 0 Å². The van der Waals surface area contributed by atoms with Gasteiger partial charge in [-0.25, -0.2) is 0 Å². The predicted octanol–water partition coefficient (Wildman–Crippen LogP) is 5.25.